The highest BCUT2D eigenvalue weighted by atomic mass is 32.2. The van der Waals surface area contributed by atoms with Gasteiger partial charge in [0.2, 0.25) is 0 Å². The van der Waals surface area contributed by atoms with Crippen LogP contribution >= 0.6 is 11.3 Å². The van der Waals surface area contributed by atoms with Gasteiger partial charge in [0.15, 0.2) is 5.65 Å². The first-order chi connectivity index (χ1) is 17.9. The lowest BCUT2D eigenvalue weighted by molar-refractivity contribution is 0.0878. The number of fused-ring (bicyclic) bond motifs is 1. The first-order valence-corrected chi connectivity index (χ1v) is 15.4. The lowest BCUT2D eigenvalue weighted by Crippen LogP contribution is -2.49. The van der Waals surface area contributed by atoms with Gasteiger partial charge in [-0.1, -0.05) is 18.2 Å². The van der Waals surface area contributed by atoms with Gasteiger partial charge < -0.3 is 4.90 Å². The summed E-state index contributed by atoms with van der Waals surface area (Å²) in [5, 5.41) is 3.80. The fourth-order valence-corrected chi connectivity index (χ4v) is 7.82. The first kappa shape index (κ1) is 24.7. The van der Waals surface area contributed by atoms with Crippen LogP contribution in [0.3, 0.4) is 0 Å². The van der Waals surface area contributed by atoms with Gasteiger partial charge in [0.25, 0.3) is 10.0 Å². The molecule has 1 aliphatic carbocycles. The van der Waals surface area contributed by atoms with Gasteiger partial charge in [-0.3, -0.25) is 4.90 Å². The molecule has 0 unspecified atom stereocenters. The maximum absolute atomic E-state index is 13.6. The van der Waals surface area contributed by atoms with E-state index in [1.807, 2.05) is 24.6 Å². The van der Waals surface area contributed by atoms with Crippen LogP contribution < -0.4 is 0 Å². The SMILES string of the molecule is Cc1nc(-c2cn(S(=O)(=O)c3ccccc3)c3ncc([C@H]4CC[C@H](N5CCN(C)CC5)CC4)cc23)cs1. The Hall–Kier alpha value is -2.59. The molecule has 6 rings (SSSR count). The van der Waals surface area contributed by atoms with Crippen molar-refractivity contribution in [3.8, 4) is 11.3 Å². The summed E-state index contributed by atoms with van der Waals surface area (Å²) in [4.78, 5) is 14.8. The molecule has 0 bridgehead atoms. The molecule has 0 spiro atoms. The second kappa shape index (κ2) is 9.94. The van der Waals surface area contributed by atoms with E-state index in [0.29, 0.717) is 17.6 Å². The van der Waals surface area contributed by atoms with Crippen molar-refractivity contribution in [1.82, 2.24) is 23.7 Å². The molecular formula is C28H33N5O2S2. The Labute approximate surface area is 222 Å². The van der Waals surface area contributed by atoms with Crippen LogP contribution in [0.1, 0.15) is 42.2 Å². The smallest absolute Gasteiger partial charge is 0.269 e. The summed E-state index contributed by atoms with van der Waals surface area (Å²) >= 11 is 1.57. The normalized spacial score (nSPS) is 22.0. The zero-order chi connectivity index (χ0) is 25.6. The predicted molar refractivity (Wildman–Crippen MR) is 149 cm³/mol. The second-order valence-electron chi connectivity index (χ2n) is 10.4. The van der Waals surface area contributed by atoms with E-state index in [1.165, 1.54) is 35.5 Å². The molecule has 0 radical (unpaired) electrons. The Bertz CT molecular complexity index is 1500. The van der Waals surface area contributed by atoms with E-state index < -0.39 is 10.0 Å². The topological polar surface area (TPSA) is 71.3 Å². The van der Waals surface area contributed by atoms with Crippen molar-refractivity contribution in [2.24, 2.45) is 0 Å². The summed E-state index contributed by atoms with van der Waals surface area (Å²) < 4.78 is 28.5. The van der Waals surface area contributed by atoms with Crippen LogP contribution in [0.15, 0.2) is 59.1 Å². The molecule has 1 saturated carbocycles. The maximum Gasteiger partial charge on any atom is 0.269 e. The molecule has 3 aromatic heterocycles. The van der Waals surface area contributed by atoms with Gasteiger partial charge in [-0.25, -0.2) is 22.4 Å². The highest BCUT2D eigenvalue weighted by Crippen LogP contribution is 2.38. The predicted octanol–water partition coefficient (Wildman–Crippen LogP) is 4.98. The Balaban J connectivity index is 1.33. The van der Waals surface area contributed by atoms with Gasteiger partial charge in [-0.15, -0.1) is 11.3 Å². The van der Waals surface area contributed by atoms with Crippen LogP contribution in [0.2, 0.25) is 0 Å². The highest BCUT2D eigenvalue weighted by molar-refractivity contribution is 7.90. The van der Waals surface area contributed by atoms with Crippen molar-refractivity contribution in [2.75, 3.05) is 33.2 Å². The third-order valence-electron chi connectivity index (χ3n) is 8.05. The Morgan fingerprint density at radius 3 is 2.41 bits per heavy atom. The van der Waals surface area contributed by atoms with Crippen molar-refractivity contribution in [3.63, 3.8) is 0 Å². The summed E-state index contributed by atoms with van der Waals surface area (Å²) in [6, 6.07) is 11.4. The zero-order valence-corrected chi connectivity index (χ0v) is 23.0. The minimum atomic E-state index is -3.79. The molecule has 194 valence electrons. The number of aryl methyl sites for hydroxylation is 1. The number of nitrogens with zero attached hydrogens (tertiary/aromatic N) is 5. The lowest BCUT2D eigenvalue weighted by atomic mass is 9.81. The summed E-state index contributed by atoms with van der Waals surface area (Å²) in [5.41, 5.74) is 3.28. The third kappa shape index (κ3) is 4.74. The second-order valence-corrected chi connectivity index (χ2v) is 13.3. The Morgan fingerprint density at radius 2 is 1.73 bits per heavy atom. The summed E-state index contributed by atoms with van der Waals surface area (Å²) in [5.74, 6) is 0.444. The molecule has 37 heavy (non-hydrogen) atoms. The van der Waals surface area contributed by atoms with E-state index >= 15 is 0 Å². The van der Waals surface area contributed by atoms with Crippen molar-refractivity contribution in [1.29, 1.82) is 0 Å². The highest BCUT2D eigenvalue weighted by Gasteiger charge is 2.30. The van der Waals surface area contributed by atoms with Crippen molar-refractivity contribution < 1.29 is 8.42 Å². The molecule has 2 fully saturated rings. The first-order valence-electron chi connectivity index (χ1n) is 13.1. The number of piperazine rings is 1. The summed E-state index contributed by atoms with van der Waals surface area (Å²) in [6.07, 6.45) is 8.28. The van der Waals surface area contributed by atoms with Crippen LogP contribution in [0.5, 0.6) is 0 Å². The van der Waals surface area contributed by atoms with Gasteiger partial charge in [-0.2, -0.15) is 0 Å². The number of pyridine rings is 1. The van der Waals surface area contributed by atoms with E-state index in [0.717, 1.165) is 47.6 Å². The van der Waals surface area contributed by atoms with E-state index in [2.05, 4.69) is 27.9 Å². The fourth-order valence-electron chi connectivity index (χ4n) is 5.86. The molecule has 4 aromatic rings. The molecular weight excluding hydrogens is 502 g/mol. The quantitative estimate of drug-likeness (QED) is 0.359. The maximum atomic E-state index is 13.6. The van der Waals surface area contributed by atoms with Gasteiger partial charge >= 0.3 is 0 Å². The number of hydrogen-bond donors (Lipinski definition) is 0. The van der Waals surface area contributed by atoms with Crippen LogP contribution in [0.25, 0.3) is 22.3 Å². The molecule has 1 aromatic carbocycles. The van der Waals surface area contributed by atoms with E-state index in [4.69, 9.17) is 4.98 Å². The number of rotatable bonds is 5. The number of aromatic nitrogens is 3. The number of benzene rings is 1. The number of hydrogen-bond acceptors (Lipinski definition) is 7. The Kier molecular flexibility index (Phi) is 6.65. The summed E-state index contributed by atoms with van der Waals surface area (Å²) in [7, 11) is -1.58. The average molecular weight is 536 g/mol. The fraction of sp³-hybridized carbons (Fsp3) is 0.429. The molecule has 0 amide bonds. The third-order valence-corrected chi connectivity index (χ3v) is 10.5. The minimum absolute atomic E-state index is 0.251. The van der Waals surface area contributed by atoms with Crippen molar-refractivity contribution in [3.05, 3.63) is 64.7 Å². The van der Waals surface area contributed by atoms with E-state index in [-0.39, 0.29) is 4.90 Å². The Morgan fingerprint density at radius 1 is 1.00 bits per heavy atom. The molecule has 4 heterocycles. The van der Waals surface area contributed by atoms with Crippen LogP contribution in [-0.4, -0.2) is 71.4 Å². The largest absolute Gasteiger partial charge is 0.304 e. The average Bonchev–Trinajstić information content (AvgIpc) is 3.53. The molecule has 1 aliphatic heterocycles. The van der Waals surface area contributed by atoms with Gasteiger partial charge in [0, 0.05) is 60.9 Å². The van der Waals surface area contributed by atoms with Crippen LogP contribution in [-0.2, 0) is 10.0 Å². The molecule has 7 nitrogen and oxygen atoms in total. The number of thiazole rings is 1. The van der Waals surface area contributed by atoms with E-state index in [9.17, 15) is 8.42 Å². The monoisotopic (exact) mass is 535 g/mol. The van der Waals surface area contributed by atoms with Gasteiger partial charge in [-0.05, 0) is 69.3 Å². The molecule has 9 heteroatoms. The zero-order valence-electron chi connectivity index (χ0n) is 21.4. The van der Waals surface area contributed by atoms with E-state index in [1.54, 1.807) is 41.8 Å². The van der Waals surface area contributed by atoms with Crippen molar-refractivity contribution >= 4 is 32.4 Å². The van der Waals surface area contributed by atoms with Gasteiger partial charge in [0.05, 0.1) is 15.6 Å². The van der Waals surface area contributed by atoms with Gasteiger partial charge in [0.1, 0.15) is 0 Å². The number of likely N-dealkylation sites (N-methyl/N-ethyl adjacent to an activating group) is 1. The molecule has 2 aliphatic rings. The lowest BCUT2D eigenvalue weighted by Gasteiger charge is -2.41. The van der Waals surface area contributed by atoms with Crippen molar-refractivity contribution in [2.45, 2.75) is 49.5 Å². The van der Waals surface area contributed by atoms with Crippen LogP contribution in [0.4, 0.5) is 0 Å². The summed E-state index contributed by atoms with van der Waals surface area (Å²) in [6.45, 7) is 6.61. The van der Waals surface area contributed by atoms with Crippen LogP contribution in [0, 0.1) is 6.92 Å². The molecule has 0 atom stereocenters. The standard InChI is InChI=1S/C28H33N5O2S2/c1-20-30-27(19-36-20)26-18-33(37(34,35)24-6-4-3-5-7-24)28-25(26)16-22(17-29-28)21-8-10-23(11-9-21)32-14-12-31(2)13-15-32/h3-7,16-19,21,23H,8-15H2,1-2H3/t21-,23-. The molecule has 1 saturated heterocycles. The minimum Gasteiger partial charge on any atom is -0.304 e. The molecule has 0 N–H and O–H groups in total.